The molecule has 0 aromatic heterocycles. The molecule has 0 spiro atoms. The Bertz CT molecular complexity index is 652. The molecule has 1 amide bonds. The van der Waals surface area contributed by atoms with E-state index in [-0.39, 0.29) is 36.1 Å². The van der Waals surface area contributed by atoms with Gasteiger partial charge in [0.1, 0.15) is 5.75 Å². The summed E-state index contributed by atoms with van der Waals surface area (Å²) >= 11 is 6.01. The third kappa shape index (κ3) is 7.54. The van der Waals surface area contributed by atoms with Crippen molar-refractivity contribution in [3.8, 4) is 5.75 Å². The van der Waals surface area contributed by atoms with Crippen LogP contribution in [0.3, 0.4) is 0 Å². The number of methoxy groups -OCH3 is 1. The predicted octanol–water partition coefficient (Wildman–Crippen LogP) is 3.64. The van der Waals surface area contributed by atoms with Gasteiger partial charge in [-0.15, -0.1) is 24.0 Å². The molecular weight excluding hydrogens is 495 g/mol. The Labute approximate surface area is 189 Å². The summed E-state index contributed by atoms with van der Waals surface area (Å²) in [5.74, 6) is 1.48. The first-order valence-corrected chi connectivity index (χ1v) is 9.74. The van der Waals surface area contributed by atoms with E-state index < -0.39 is 0 Å². The van der Waals surface area contributed by atoms with Crippen LogP contribution in [0.4, 0.5) is 4.79 Å². The van der Waals surface area contributed by atoms with Crippen molar-refractivity contribution < 1.29 is 14.3 Å². The fraction of sp³-hybridized carbons (Fsp3) is 0.579. The number of benzene rings is 1. The molecule has 1 heterocycles. The average Bonchev–Trinajstić information content (AvgIpc) is 2.67. The number of nitrogens with zero attached hydrogens (tertiary/aromatic N) is 2. The summed E-state index contributed by atoms with van der Waals surface area (Å²) in [5.41, 5.74) is 0.969. The predicted molar refractivity (Wildman–Crippen MR) is 123 cm³/mol. The van der Waals surface area contributed by atoms with Crippen LogP contribution in [-0.4, -0.2) is 56.3 Å². The summed E-state index contributed by atoms with van der Waals surface area (Å²) in [7, 11) is 1.62. The lowest BCUT2D eigenvalue weighted by atomic mass is 10.1. The number of rotatable bonds is 6. The molecular formula is C19H30ClIN4O3. The summed E-state index contributed by atoms with van der Waals surface area (Å²) in [6.07, 6.45) is 1.48. The molecule has 7 nitrogen and oxygen atoms in total. The largest absolute Gasteiger partial charge is 0.496 e. The Hall–Kier alpha value is -1.42. The van der Waals surface area contributed by atoms with Crippen LogP contribution < -0.4 is 15.4 Å². The van der Waals surface area contributed by atoms with Crippen molar-refractivity contribution in [2.45, 2.75) is 39.3 Å². The van der Waals surface area contributed by atoms with Crippen molar-refractivity contribution >= 4 is 47.6 Å². The Balaban J connectivity index is 0.00000392. The molecule has 28 heavy (non-hydrogen) atoms. The number of guanidine groups is 1. The van der Waals surface area contributed by atoms with Gasteiger partial charge in [0, 0.05) is 36.3 Å². The Morgan fingerprint density at radius 1 is 1.32 bits per heavy atom. The van der Waals surface area contributed by atoms with E-state index in [1.165, 1.54) is 0 Å². The van der Waals surface area contributed by atoms with Crippen molar-refractivity contribution in [3.05, 3.63) is 28.8 Å². The summed E-state index contributed by atoms with van der Waals surface area (Å²) in [6, 6.07) is 5.81. The SMILES string of the molecule is CCNC(=NCc1ccc(Cl)cc1OC)NC1CCN(C(=O)OCC)CC1.I. The van der Waals surface area contributed by atoms with Gasteiger partial charge in [-0.25, -0.2) is 9.79 Å². The number of carbonyl (C=O) groups excluding carboxylic acids is 1. The maximum atomic E-state index is 11.8. The molecule has 9 heteroatoms. The molecule has 1 aliphatic rings. The van der Waals surface area contributed by atoms with E-state index >= 15 is 0 Å². The molecule has 1 saturated heterocycles. The van der Waals surface area contributed by atoms with Gasteiger partial charge in [-0.3, -0.25) is 0 Å². The molecule has 2 N–H and O–H groups in total. The lowest BCUT2D eigenvalue weighted by Crippen LogP contribution is -2.49. The minimum atomic E-state index is -0.230. The Morgan fingerprint density at radius 2 is 2.04 bits per heavy atom. The molecule has 0 aliphatic carbocycles. The summed E-state index contributed by atoms with van der Waals surface area (Å²) < 4.78 is 10.4. The minimum Gasteiger partial charge on any atom is -0.496 e. The molecule has 1 aromatic carbocycles. The second-order valence-corrected chi connectivity index (χ2v) is 6.69. The second-order valence-electron chi connectivity index (χ2n) is 6.26. The fourth-order valence-electron chi connectivity index (χ4n) is 2.95. The van der Waals surface area contributed by atoms with Crippen LogP contribution in [0, 0.1) is 0 Å². The molecule has 0 bridgehead atoms. The molecule has 1 fully saturated rings. The molecule has 1 aliphatic heterocycles. The Morgan fingerprint density at radius 3 is 2.64 bits per heavy atom. The Kier molecular flexibility index (Phi) is 11.4. The van der Waals surface area contributed by atoms with Crippen LogP contribution in [-0.2, 0) is 11.3 Å². The van der Waals surface area contributed by atoms with Gasteiger partial charge in [-0.2, -0.15) is 0 Å². The van der Waals surface area contributed by atoms with Gasteiger partial charge in [0.2, 0.25) is 0 Å². The highest BCUT2D eigenvalue weighted by molar-refractivity contribution is 14.0. The third-order valence-corrected chi connectivity index (χ3v) is 4.60. The zero-order valence-electron chi connectivity index (χ0n) is 16.7. The standard InChI is InChI=1S/C19H29ClN4O3.HI/c1-4-21-18(22-13-14-6-7-15(20)12-17(14)26-3)23-16-8-10-24(11-9-16)19(25)27-5-2;/h6-7,12,16H,4-5,8-11,13H2,1-3H3,(H2,21,22,23);1H. The zero-order valence-corrected chi connectivity index (χ0v) is 19.8. The molecule has 2 rings (SSSR count). The molecule has 0 atom stereocenters. The molecule has 0 saturated carbocycles. The first-order valence-electron chi connectivity index (χ1n) is 9.36. The van der Waals surface area contributed by atoms with Crippen molar-refractivity contribution in [1.29, 1.82) is 0 Å². The number of halogens is 2. The fourth-order valence-corrected chi connectivity index (χ4v) is 3.11. The highest BCUT2D eigenvalue weighted by atomic mass is 127. The van der Waals surface area contributed by atoms with Gasteiger partial charge in [-0.1, -0.05) is 17.7 Å². The van der Waals surface area contributed by atoms with Crippen LogP contribution >= 0.6 is 35.6 Å². The zero-order chi connectivity index (χ0) is 19.6. The van der Waals surface area contributed by atoms with Gasteiger partial charge in [-0.05, 0) is 38.8 Å². The second kappa shape index (κ2) is 12.9. The van der Waals surface area contributed by atoms with Crippen LogP contribution in [0.15, 0.2) is 23.2 Å². The van der Waals surface area contributed by atoms with E-state index in [9.17, 15) is 4.79 Å². The summed E-state index contributed by atoms with van der Waals surface area (Å²) in [5, 5.41) is 7.37. The van der Waals surface area contributed by atoms with E-state index in [1.54, 1.807) is 18.1 Å². The number of amides is 1. The van der Waals surface area contributed by atoms with E-state index in [1.807, 2.05) is 26.0 Å². The van der Waals surface area contributed by atoms with Crippen molar-refractivity contribution in [1.82, 2.24) is 15.5 Å². The topological polar surface area (TPSA) is 75.2 Å². The van der Waals surface area contributed by atoms with Gasteiger partial charge in [0.15, 0.2) is 5.96 Å². The number of hydrogen-bond acceptors (Lipinski definition) is 4. The van der Waals surface area contributed by atoms with Gasteiger partial charge >= 0.3 is 6.09 Å². The lowest BCUT2D eigenvalue weighted by molar-refractivity contribution is 0.0963. The van der Waals surface area contributed by atoms with Crippen molar-refractivity contribution in [2.24, 2.45) is 4.99 Å². The number of piperidine rings is 1. The number of nitrogens with one attached hydrogen (secondary N) is 2. The maximum Gasteiger partial charge on any atom is 0.409 e. The minimum absolute atomic E-state index is 0. The van der Waals surface area contributed by atoms with E-state index in [4.69, 9.17) is 21.1 Å². The van der Waals surface area contributed by atoms with Crippen LogP contribution in [0.2, 0.25) is 5.02 Å². The molecule has 0 radical (unpaired) electrons. The van der Waals surface area contributed by atoms with E-state index in [0.29, 0.717) is 31.3 Å². The smallest absolute Gasteiger partial charge is 0.409 e. The van der Waals surface area contributed by atoms with Gasteiger partial charge in [0.25, 0.3) is 0 Å². The number of carbonyl (C=O) groups is 1. The van der Waals surface area contributed by atoms with Crippen LogP contribution in [0.25, 0.3) is 0 Å². The number of ether oxygens (including phenoxy) is 2. The van der Waals surface area contributed by atoms with Crippen LogP contribution in [0.5, 0.6) is 5.75 Å². The highest BCUT2D eigenvalue weighted by Gasteiger charge is 2.24. The summed E-state index contributed by atoms with van der Waals surface area (Å²) in [6.45, 7) is 6.87. The average molecular weight is 525 g/mol. The van der Waals surface area contributed by atoms with Crippen molar-refractivity contribution in [3.63, 3.8) is 0 Å². The third-order valence-electron chi connectivity index (χ3n) is 4.36. The normalized spacial score (nSPS) is 14.9. The molecule has 1 aromatic rings. The number of likely N-dealkylation sites (tertiary alicyclic amines) is 1. The van der Waals surface area contributed by atoms with E-state index in [2.05, 4.69) is 15.6 Å². The number of hydrogen-bond donors (Lipinski definition) is 2. The molecule has 158 valence electrons. The maximum absolute atomic E-state index is 11.8. The van der Waals surface area contributed by atoms with Gasteiger partial charge in [0.05, 0.1) is 20.3 Å². The van der Waals surface area contributed by atoms with Gasteiger partial charge < -0.3 is 25.0 Å². The number of aliphatic imine (C=N–C) groups is 1. The van der Waals surface area contributed by atoms with Crippen molar-refractivity contribution in [2.75, 3.05) is 33.4 Å². The summed E-state index contributed by atoms with van der Waals surface area (Å²) in [4.78, 5) is 18.2. The van der Waals surface area contributed by atoms with E-state index in [0.717, 1.165) is 36.7 Å². The quantitative estimate of drug-likeness (QED) is 0.338. The lowest BCUT2D eigenvalue weighted by Gasteiger charge is -2.32. The highest BCUT2D eigenvalue weighted by Crippen LogP contribution is 2.23. The molecule has 0 unspecified atom stereocenters. The monoisotopic (exact) mass is 524 g/mol. The first-order chi connectivity index (χ1) is 13.1. The van der Waals surface area contributed by atoms with Crippen LogP contribution in [0.1, 0.15) is 32.3 Å². The first kappa shape index (κ1) is 24.6.